The highest BCUT2D eigenvalue weighted by Gasteiger charge is 2.15. The topological polar surface area (TPSA) is 88.6 Å². The summed E-state index contributed by atoms with van der Waals surface area (Å²) in [7, 11) is 3.12. The molecule has 3 rings (SSSR count). The predicted octanol–water partition coefficient (Wildman–Crippen LogP) is 2.42. The van der Waals surface area contributed by atoms with Crippen LogP contribution in [-0.2, 0) is 6.54 Å². The Morgan fingerprint density at radius 1 is 1.15 bits per heavy atom. The standard InChI is InChI=1S/C18H23N5O3/c1-25-15-9-14(10-16(11-15)26-2)22-18(24)20-12-13-5-6-19-17(21-13)23-7-3-4-8-23/h5-6,9-11H,3-4,7-8,12H2,1-2H3,(H2,20,22,24). The van der Waals surface area contributed by atoms with Crippen molar-refractivity contribution in [3.05, 3.63) is 36.2 Å². The molecule has 1 saturated heterocycles. The van der Waals surface area contributed by atoms with Crippen molar-refractivity contribution in [2.75, 3.05) is 37.5 Å². The first-order chi connectivity index (χ1) is 12.7. The lowest BCUT2D eigenvalue weighted by molar-refractivity contribution is 0.251. The predicted molar refractivity (Wildman–Crippen MR) is 98.9 cm³/mol. The Morgan fingerprint density at radius 2 is 1.85 bits per heavy atom. The van der Waals surface area contributed by atoms with Crippen LogP contribution in [0.25, 0.3) is 0 Å². The number of urea groups is 1. The van der Waals surface area contributed by atoms with E-state index in [2.05, 4.69) is 25.5 Å². The molecule has 0 aliphatic carbocycles. The zero-order valence-electron chi connectivity index (χ0n) is 15.0. The maximum absolute atomic E-state index is 12.2. The number of benzene rings is 1. The number of ether oxygens (including phenoxy) is 2. The molecule has 0 bridgehead atoms. The first-order valence-electron chi connectivity index (χ1n) is 8.53. The molecule has 1 fully saturated rings. The molecule has 138 valence electrons. The second kappa shape index (κ2) is 8.37. The highest BCUT2D eigenvalue weighted by Crippen LogP contribution is 2.25. The maximum atomic E-state index is 12.2. The summed E-state index contributed by atoms with van der Waals surface area (Å²) < 4.78 is 10.4. The van der Waals surface area contributed by atoms with Gasteiger partial charge in [0.05, 0.1) is 26.5 Å². The second-order valence-electron chi connectivity index (χ2n) is 5.95. The van der Waals surface area contributed by atoms with E-state index in [0.717, 1.165) is 37.6 Å². The molecule has 2 aromatic rings. The monoisotopic (exact) mass is 357 g/mol. The van der Waals surface area contributed by atoms with Crippen LogP contribution in [-0.4, -0.2) is 43.3 Å². The van der Waals surface area contributed by atoms with E-state index in [4.69, 9.17) is 9.47 Å². The average Bonchev–Trinajstić information content (AvgIpc) is 3.21. The maximum Gasteiger partial charge on any atom is 0.319 e. The number of methoxy groups -OCH3 is 2. The van der Waals surface area contributed by atoms with Crippen LogP contribution in [0.15, 0.2) is 30.5 Å². The first-order valence-corrected chi connectivity index (χ1v) is 8.53. The summed E-state index contributed by atoms with van der Waals surface area (Å²) in [5.74, 6) is 1.93. The van der Waals surface area contributed by atoms with Gasteiger partial charge in [0.2, 0.25) is 5.95 Å². The van der Waals surface area contributed by atoms with Crippen LogP contribution in [0.5, 0.6) is 11.5 Å². The van der Waals surface area contributed by atoms with Gasteiger partial charge in [0.1, 0.15) is 11.5 Å². The Labute approximate surface area is 152 Å². The quantitative estimate of drug-likeness (QED) is 0.825. The number of carbonyl (C=O) groups is 1. The van der Waals surface area contributed by atoms with E-state index in [9.17, 15) is 4.79 Å². The molecule has 1 aliphatic rings. The van der Waals surface area contributed by atoms with Gasteiger partial charge in [-0.15, -0.1) is 0 Å². The molecule has 1 aromatic heterocycles. The number of hydrogen-bond acceptors (Lipinski definition) is 6. The molecule has 0 spiro atoms. The van der Waals surface area contributed by atoms with Gasteiger partial charge in [-0.3, -0.25) is 0 Å². The Kier molecular flexibility index (Phi) is 5.73. The smallest absolute Gasteiger partial charge is 0.319 e. The normalized spacial score (nSPS) is 13.4. The number of carbonyl (C=O) groups excluding carboxylic acids is 1. The minimum atomic E-state index is -0.332. The van der Waals surface area contributed by atoms with Crippen molar-refractivity contribution < 1.29 is 14.3 Å². The minimum Gasteiger partial charge on any atom is -0.497 e. The van der Waals surface area contributed by atoms with Crippen molar-refractivity contribution >= 4 is 17.7 Å². The largest absolute Gasteiger partial charge is 0.497 e. The molecule has 8 nitrogen and oxygen atoms in total. The van der Waals surface area contributed by atoms with Crippen molar-refractivity contribution in [3.63, 3.8) is 0 Å². The highest BCUT2D eigenvalue weighted by molar-refractivity contribution is 5.89. The van der Waals surface area contributed by atoms with Gasteiger partial charge in [-0.2, -0.15) is 0 Å². The van der Waals surface area contributed by atoms with E-state index in [1.165, 1.54) is 0 Å². The van der Waals surface area contributed by atoms with Crippen molar-refractivity contribution in [1.29, 1.82) is 0 Å². The van der Waals surface area contributed by atoms with Gasteiger partial charge in [0, 0.05) is 43.2 Å². The van der Waals surface area contributed by atoms with Gasteiger partial charge >= 0.3 is 6.03 Å². The molecule has 8 heteroatoms. The summed E-state index contributed by atoms with van der Waals surface area (Å²) in [6.07, 6.45) is 4.05. The van der Waals surface area contributed by atoms with Gasteiger partial charge in [-0.05, 0) is 18.9 Å². The molecule has 1 aromatic carbocycles. The van der Waals surface area contributed by atoms with Crippen LogP contribution in [0, 0.1) is 0 Å². The van der Waals surface area contributed by atoms with E-state index >= 15 is 0 Å². The van der Waals surface area contributed by atoms with Crippen LogP contribution in [0.1, 0.15) is 18.5 Å². The van der Waals surface area contributed by atoms with Crippen molar-refractivity contribution in [1.82, 2.24) is 15.3 Å². The van der Waals surface area contributed by atoms with Crippen LogP contribution < -0.4 is 25.0 Å². The number of aromatic nitrogens is 2. The van der Waals surface area contributed by atoms with Crippen molar-refractivity contribution in [2.45, 2.75) is 19.4 Å². The van der Waals surface area contributed by atoms with Gasteiger partial charge < -0.3 is 25.0 Å². The molecule has 1 aliphatic heterocycles. The Bertz CT molecular complexity index is 740. The lowest BCUT2D eigenvalue weighted by atomic mass is 10.3. The molecular formula is C18H23N5O3. The number of anilines is 2. The third-order valence-corrected chi connectivity index (χ3v) is 4.13. The summed E-state index contributed by atoms with van der Waals surface area (Å²) in [6, 6.07) is 6.65. The number of amides is 2. The first kappa shape index (κ1) is 17.8. The third kappa shape index (κ3) is 4.53. The van der Waals surface area contributed by atoms with Gasteiger partial charge in [-0.25, -0.2) is 14.8 Å². The lowest BCUT2D eigenvalue weighted by Crippen LogP contribution is -2.29. The summed E-state index contributed by atoms with van der Waals surface area (Å²) in [6.45, 7) is 2.28. The molecule has 2 N–H and O–H groups in total. The molecule has 0 unspecified atom stereocenters. The fraction of sp³-hybridized carbons (Fsp3) is 0.389. The Balaban J connectivity index is 1.58. The summed E-state index contributed by atoms with van der Waals surface area (Å²) in [5.41, 5.74) is 1.35. The number of nitrogens with one attached hydrogen (secondary N) is 2. The van der Waals surface area contributed by atoms with Crippen LogP contribution in [0.2, 0.25) is 0 Å². The number of hydrogen-bond donors (Lipinski definition) is 2. The molecule has 0 saturated carbocycles. The average molecular weight is 357 g/mol. The van der Waals surface area contributed by atoms with Crippen molar-refractivity contribution in [2.24, 2.45) is 0 Å². The van der Waals surface area contributed by atoms with E-state index in [-0.39, 0.29) is 6.03 Å². The van der Waals surface area contributed by atoms with E-state index < -0.39 is 0 Å². The molecule has 26 heavy (non-hydrogen) atoms. The van der Waals surface area contributed by atoms with Crippen LogP contribution in [0.3, 0.4) is 0 Å². The van der Waals surface area contributed by atoms with E-state index in [0.29, 0.717) is 23.7 Å². The molecule has 0 atom stereocenters. The van der Waals surface area contributed by atoms with Crippen molar-refractivity contribution in [3.8, 4) is 11.5 Å². The molecule has 2 amide bonds. The summed E-state index contributed by atoms with van der Waals surface area (Å²) in [5, 5.41) is 5.57. The molecule has 0 radical (unpaired) electrons. The Hall–Kier alpha value is -3.03. The molecule has 2 heterocycles. The summed E-state index contributed by atoms with van der Waals surface area (Å²) in [4.78, 5) is 23.2. The fourth-order valence-electron chi connectivity index (χ4n) is 2.78. The fourth-order valence-corrected chi connectivity index (χ4v) is 2.78. The van der Waals surface area contributed by atoms with Gasteiger partial charge in [0.25, 0.3) is 0 Å². The van der Waals surface area contributed by atoms with Gasteiger partial charge in [-0.1, -0.05) is 0 Å². The zero-order valence-corrected chi connectivity index (χ0v) is 15.0. The third-order valence-electron chi connectivity index (χ3n) is 4.13. The number of nitrogens with zero attached hydrogens (tertiary/aromatic N) is 3. The van der Waals surface area contributed by atoms with Crippen LogP contribution in [0.4, 0.5) is 16.4 Å². The Morgan fingerprint density at radius 3 is 2.50 bits per heavy atom. The van der Waals surface area contributed by atoms with Gasteiger partial charge in [0.15, 0.2) is 0 Å². The highest BCUT2D eigenvalue weighted by atomic mass is 16.5. The SMILES string of the molecule is COc1cc(NC(=O)NCc2ccnc(N3CCCC3)n2)cc(OC)c1. The summed E-state index contributed by atoms with van der Waals surface area (Å²) >= 11 is 0. The van der Waals surface area contributed by atoms with E-state index in [1.807, 2.05) is 0 Å². The number of rotatable bonds is 6. The van der Waals surface area contributed by atoms with E-state index in [1.54, 1.807) is 44.7 Å². The van der Waals surface area contributed by atoms with Crippen LogP contribution >= 0.6 is 0 Å². The zero-order chi connectivity index (χ0) is 18.4. The lowest BCUT2D eigenvalue weighted by Gasteiger charge is -2.15. The molecular weight excluding hydrogens is 334 g/mol. The minimum absolute atomic E-state index is 0.316. The second-order valence-corrected chi connectivity index (χ2v) is 5.95.